The maximum atomic E-state index is 12.4. The molecule has 1 aliphatic carbocycles. The highest BCUT2D eigenvalue weighted by atomic mass is 16.5. The van der Waals surface area contributed by atoms with E-state index in [2.05, 4.69) is 25.3 Å². The molecule has 2 amide bonds. The highest BCUT2D eigenvalue weighted by molar-refractivity contribution is 5.92. The van der Waals surface area contributed by atoms with Gasteiger partial charge in [0.2, 0.25) is 5.91 Å². The standard InChI is InChI=1S/C21H33N5O3/c1-15-14-19(24-23-15)20(27)22-8-11-26(18-6-12-29-13-7-18)17-4-9-25(10-5-17)21(28)16-2-3-16/h14,16-18H,2-13H2,1H3,(H,22,27)(H,23,24). The van der Waals surface area contributed by atoms with Crippen LogP contribution in [0.1, 0.15) is 54.7 Å². The Hall–Kier alpha value is -1.93. The van der Waals surface area contributed by atoms with Crippen LogP contribution in [0.3, 0.4) is 0 Å². The van der Waals surface area contributed by atoms with E-state index < -0.39 is 0 Å². The number of likely N-dealkylation sites (tertiary alicyclic amines) is 1. The Labute approximate surface area is 172 Å². The van der Waals surface area contributed by atoms with Crippen molar-refractivity contribution in [3.05, 3.63) is 17.5 Å². The zero-order valence-electron chi connectivity index (χ0n) is 17.4. The van der Waals surface area contributed by atoms with Crippen molar-refractivity contribution < 1.29 is 14.3 Å². The first kappa shape index (κ1) is 20.3. The second kappa shape index (κ2) is 9.26. The van der Waals surface area contributed by atoms with Crippen molar-refractivity contribution in [1.82, 2.24) is 25.3 Å². The molecule has 8 nitrogen and oxygen atoms in total. The summed E-state index contributed by atoms with van der Waals surface area (Å²) in [5.41, 5.74) is 1.32. The highest BCUT2D eigenvalue weighted by Crippen LogP contribution is 2.32. The van der Waals surface area contributed by atoms with E-state index >= 15 is 0 Å². The van der Waals surface area contributed by atoms with Crippen molar-refractivity contribution in [1.29, 1.82) is 0 Å². The first-order valence-electron chi connectivity index (χ1n) is 11.0. The number of hydrogen-bond donors (Lipinski definition) is 2. The van der Waals surface area contributed by atoms with Crippen LogP contribution < -0.4 is 5.32 Å². The van der Waals surface area contributed by atoms with Gasteiger partial charge in [0.15, 0.2) is 0 Å². The second-order valence-corrected chi connectivity index (χ2v) is 8.60. The molecule has 0 unspecified atom stereocenters. The predicted molar refractivity (Wildman–Crippen MR) is 109 cm³/mol. The molecule has 0 spiro atoms. The first-order chi connectivity index (χ1) is 14.1. The molecule has 1 aromatic rings. The van der Waals surface area contributed by atoms with Crippen molar-refractivity contribution in [3.8, 4) is 0 Å². The molecule has 0 radical (unpaired) electrons. The Morgan fingerprint density at radius 3 is 2.48 bits per heavy atom. The molecule has 2 N–H and O–H groups in total. The summed E-state index contributed by atoms with van der Waals surface area (Å²) < 4.78 is 5.56. The van der Waals surface area contributed by atoms with Crippen molar-refractivity contribution in [2.24, 2.45) is 5.92 Å². The maximum Gasteiger partial charge on any atom is 0.271 e. The fraction of sp³-hybridized carbons (Fsp3) is 0.762. The van der Waals surface area contributed by atoms with Crippen LogP contribution in [0, 0.1) is 12.8 Å². The summed E-state index contributed by atoms with van der Waals surface area (Å²) in [6.45, 7) is 6.64. The summed E-state index contributed by atoms with van der Waals surface area (Å²) in [5.74, 6) is 0.535. The summed E-state index contributed by atoms with van der Waals surface area (Å²) in [4.78, 5) is 29.3. The monoisotopic (exact) mass is 403 g/mol. The number of carbonyl (C=O) groups is 2. The number of nitrogens with one attached hydrogen (secondary N) is 2. The third-order valence-corrected chi connectivity index (χ3v) is 6.43. The molecule has 0 atom stereocenters. The molecule has 0 bridgehead atoms. The van der Waals surface area contributed by atoms with Crippen LogP contribution in [0.2, 0.25) is 0 Å². The summed E-state index contributed by atoms with van der Waals surface area (Å²) in [6, 6.07) is 2.72. The van der Waals surface area contributed by atoms with E-state index in [1.54, 1.807) is 6.07 Å². The van der Waals surface area contributed by atoms with Gasteiger partial charge in [-0.3, -0.25) is 19.6 Å². The minimum Gasteiger partial charge on any atom is -0.381 e. The number of aryl methyl sites for hydroxylation is 1. The van der Waals surface area contributed by atoms with Gasteiger partial charge in [0.05, 0.1) is 0 Å². The van der Waals surface area contributed by atoms with Gasteiger partial charge in [-0.05, 0) is 51.5 Å². The Morgan fingerprint density at radius 1 is 1.17 bits per heavy atom. The Balaban J connectivity index is 1.31. The van der Waals surface area contributed by atoms with Crippen LogP contribution in [-0.4, -0.2) is 83.3 Å². The number of rotatable bonds is 7. The van der Waals surface area contributed by atoms with Crippen LogP contribution in [0.25, 0.3) is 0 Å². The van der Waals surface area contributed by atoms with Crippen molar-refractivity contribution >= 4 is 11.8 Å². The number of aromatic amines is 1. The predicted octanol–water partition coefficient (Wildman–Crippen LogP) is 1.33. The van der Waals surface area contributed by atoms with Gasteiger partial charge in [-0.2, -0.15) is 5.10 Å². The number of hydrogen-bond acceptors (Lipinski definition) is 5. The number of H-pyrrole nitrogens is 1. The van der Waals surface area contributed by atoms with Crippen LogP contribution >= 0.6 is 0 Å². The minimum absolute atomic E-state index is 0.133. The first-order valence-corrected chi connectivity index (χ1v) is 11.0. The van der Waals surface area contributed by atoms with Gasteiger partial charge in [0, 0.05) is 63.1 Å². The number of nitrogens with zero attached hydrogens (tertiary/aromatic N) is 3. The van der Waals surface area contributed by atoms with Crippen LogP contribution in [-0.2, 0) is 9.53 Å². The van der Waals surface area contributed by atoms with E-state index in [1.165, 1.54) is 0 Å². The fourth-order valence-electron chi connectivity index (χ4n) is 4.61. The third-order valence-electron chi connectivity index (χ3n) is 6.43. The molecule has 3 heterocycles. The molecule has 8 heteroatoms. The molecule has 0 aromatic carbocycles. The van der Waals surface area contributed by atoms with Crippen molar-refractivity contribution in [3.63, 3.8) is 0 Å². The second-order valence-electron chi connectivity index (χ2n) is 8.60. The van der Waals surface area contributed by atoms with Gasteiger partial charge in [-0.25, -0.2) is 0 Å². The lowest BCUT2D eigenvalue weighted by Crippen LogP contribution is -2.53. The number of ether oxygens (including phenoxy) is 1. The third kappa shape index (κ3) is 5.17. The fourth-order valence-corrected chi connectivity index (χ4v) is 4.61. The van der Waals surface area contributed by atoms with Crippen LogP contribution in [0.4, 0.5) is 0 Å². The molecule has 29 heavy (non-hydrogen) atoms. The zero-order chi connectivity index (χ0) is 20.2. The summed E-state index contributed by atoms with van der Waals surface area (Å²) in [6.07, 6.45) is 6.25. The van der Waals surface area contributed by atoms with E-state index in [-0.39, 0.29) is 5.91 Å². The van der Waals surface area contributed by atoms with E-state index in [9.17, 15) is 9.59 Å². The lowest BCUT2D eigenvalue weighted by atomic mass is 9.97. The summed E-state index contributed by atoms with van der Waals surface area (Å²) in [5, 5.41) is 9.86. The largest absolute Gasteiger partial charge is 0.381 e. The van der Waals surface area contributed by atoms with Gasteiger partial charge >= 0.3 is 0 Å². The number of piperidine rings is 1. The van der Waals surface area contributed by atoms with Crippen molar-refractivity contribution in [2.75, 3.05) is 39.4 Å². The highest BCUT2D eigenvalue weighted by Gasteiger charge is 2.37. The Morgan fingerprint density at radius 2 is 1.86 bits per heavy atom. The smallest absolute Gasteiger partial charge is 0.271 e. The Bertz CT molecular complexity index is 703. The molecule has 1 aromatic heterocycles. The normalized spacial score (nSPS) is 21.5. The zero-order valence-corrected chi connectivity index (χ0v) is 17.4. The topological polar surface area (TPSA) is 90.6 Å². The van der Waals surface area contributed by atoms with Gasteiger partial charge in [0.1, 0.15) is 5.69 Å². The Kier molecular flexibility index (Phi) is 6.50. The van der Waals surface area contributed by atoms with Crippen LogP contribution in [0.5, 0.6) is 0 Å². The van der Waals surface area contributed by atoms with Gasteiger partial charge in [-0.15, -0.1) is 0 Å². The molecule has 2 aliphatic heterocycles. The number of amides is 2. The van der Waals surface area contributed by atoms with Gasteiger partial charge < -0.3 is 15.0 Å². The maximum absolute atomic E-state index is 12.4. The number of carbonyl (C=O) groups excluding carboxylic acids is 2. The quantitative estimate of drug-likeness (QED) is 0.717. The molecular formula is C21H33N5O3. The SMILES string of the molecule is Cc1cc(C(=O)NCCN(C2CCOCC2)C2CCN(C(=O)C3CC3)CC2)n[nH]1. The van der Waals surface area contributed by atoms with E-state index in [4.69, 9.17) is 4.74 Å². The molecule has 1 saturated carbocycles. The van der Waals surface area contributed by atoms with Gasteiger partial charge in [-0.1, -0.05) is 0 Å². The molecule has 3 fully saturated rings. The molecule has 2 saturated heterocycles. The average Bonchev–Trinajstić information content (AvgIpc) is 3.51. The molecule has 4 rings (SSSR count). The molecular weight excluding hydrogens is 370 g/mol. The van der Waals surface area contributed by atoms with Crippen molar-refractivity contribution in [2.45, 2.75) is 57.5 Å². The van der Waals surface area contributed by atoms with E-state index in [1.807, 2.05) is 6.92 Å². The van der Waals surface area contributed by atoms with E-state index in [0.717, 1.165) is 77.1 Å². The minimum atomic E-state index is -0.133. The summed E-state index contributed by atoms with van der Waals surface area (Å²) in [7, 11) is 0. The lowest BCUT2D eigenvalue weighted by molar-refractivity contribution is -0.134. The molecule has 160 valence electrons. The average molecular weight is 404 g/mol. The number of aromatic nitrogens is 2. The van der Waals surface area contributed by atoms with E-state index in [0.29, 0.717) is 36.1 Å². The summed E-state index contributed by atoms with van der Waals surface area (Å²) >= 11 is 0. The lowest BCUT2D eigenvalue weighted by Gasteiger charge is -2.43. The van der Waals surface area contributed by atoms with Crippen LogP contribution in [0.15, 0.2) is 6.07 Å². The van der Waals surface area contributed by atoms with Gasteiger partial charge in [0.25, 0.3) is 5.91 Å². The molecule has 3 aliphatic rings.